The average Bonchev–Trinajstić information content (AvgIpc) is 3.15. The highest BCUT2D eigenvalue weighted by Crippen LogP contribution is 2.70. The van der Waals surface area contributed by atoms with E-state index in [9.17, 15) is 19.7 Å². The van der Waals surface area contributed by atoms with Gasteiger partial charge in [0.25, 0.3) is 5.69 Å². The van der Waals surface area contributed by atoms with Gasteiger partial charge >= 0.3 is 5.97 Å². The van der Waals surface area contributed by atoms with Crippen LogP contribution in [0, 0.1) is 21.4 Å². The van der Waals surface area contributed by atoms with Crippen LogP contribution in [0.15, 0.2) is 24.3 Å². The molecule has 6 heteroatoms. The number of carbonyl (C=O) groups is 2. The molecule has 2 spiro atoms. The Balaban J connectivity index is 1.72. The maximum Gasteiger partial charge on any atom is 0.321 e. The first-order valence-electron chi connectivity index (χ1n) is 8.46. The lowest BCUT2D eigenvalue weighted by atomic mass is 9.77. The fraction of sp³-hybridized carbons (Fsp3) is 0.556. The summed E-state index contributed by atoms with van der Waals surface area (Å²) < 4.78 is 5.66. The van der Waals surface area contributed by atoms with Crippen LogP contribution in [-0.2, 0) is 14.3 Å². The number of esters is 1. The molecule has 6 nitrogen and oxygen atoms in total. The van der Waals surface area contributed by atoms with Crippen LogP contribution in [0.2, 0.25) is 0 Å². The average molecular weight is 329 g/mol. The van der Waals surface area contributed by atoms with E-state index in [1.165, 1.54) is 12.1 Å². The molecular formula is C18H19NO5. The molecule has 1 unspecified atom stereocenters. The van der Waals surface area contributed by atoms with E-state index >= 15 is 0 Å². The quantitative estimate of drug-likeness (QED) is 0.360. The minimum Gasteiger partial charge on any atom is -0.450 e. The van der Waals surface area contributed by atoms with Crippen LogP contribution in [0.5, 0.6) is 0 Å². The highest BCUT2D eigenvalue weighted by Gasteiger charge is 2.80. The van der Waals surface area contributed by atoms with E-state index in [0.29, 0.717) is 18.4 Å². The molecule has 0 N–H and O–H groups in total. The maximum atomic E-state index is 13.2. The topological polar surface area (TPSA) is 86.5 Å². The van der Waals surface area contributed by atoms with Gasteiger partial charge in [-0.05, 0) is 37.2 Å². The molecule has 126 valence electrons. The lowest BCUT2D eigenvalue weighted by Crippen LogP contribution is -2.40. The number of carbonyl (C=O) groups excluding carboxylic acids is 2. The van der Waals surface area contributed by atoms with Gasteiger partial charge in [0.15, 0.2) is 11.4 Å². The number of ether oxygens (including phenoxy) is 1. The van der Waals surface area contributed by atoms with Crippen molar-refractivity contribution in [1.29, 1.82) is 0 Å². The summed E-state index contributed by atoms with van der Waals surface area (Å²) in [6.45, 7) is 1.87. The molecule has 1 aromatic carbocycles. The maximum absolute atomic E-state index is 13.2. The van der Waals surface area contributed by atoms with Crippen molar-refractivity contribution >= 4 is 17.4 Å². The largest absolute Gasteiger partial charge is 0.450 e. The Kier molecular flexibility index (Phi) is 3.11. The molecule has 3 atom stereocenters. The number of hydrogen-bond acceptors (Lipinski definition) is 5. The lowest BCUT2D eigenvalue weighted by Gasteiger charge is -2.29. The molecule has 0 radical (unpaired) electrons. The highest BCUT2D eigenvalue weighted by molar-refractivity contribution is 6.17. The van der Waals surface area contributed by atoms with E-state index in [4.69, 9.17) is 4.74 Å². The second-order valence-corrected chi connectivity index (χ2v) is 7.26. The van der Waals surface area contributed by atoms with Crippen LogP contribution in [-0.4, -0.2) is 22.3 Å². The summed E-state index contributed by atoms with van der Waals surface area (Å²) in [5.41, 5.74) is -1.42. The molecule has 24 heavy (non-hydrogen) atoms. The Morgan fingerprint density at radius 1 is 1.21 bits per heavy atom. The van der Waals surface area contributed by atoms with Crippen LogP contribution >= 0.6 is 0 Å². The molecule has 1 aromatic rings. The first-order valence-corrected chi connectivity index (χ1v) is 8.46. The Morgan fingerprint density at radius 3 is 2.58 bits per heavy atom. The third kappa shape index (κ3) is 1.77. The number of nitro groups is 1. The number of rotatable bonds is 2. The molecule has 2 aliphatic carbocycles. The fourth-order valence-electron chi connectivity index (χ4n) is 4.84. The van der Waals surface area contributed by atoms with E-state index in [0.717, 1.165) is 19.3 Å². The zero-order valence-electron chi connectivity index (χ0n) is 13.5. The molecule has 0 aromatic heterocycles. The molecule has 1 heterocycles. The summed E-state index contributed by atoms with van der Waals surface area (Å²) >= 11 is 0. The predicted octanol–water partition coefficient (Wildman–Crippen LogP) is 3.14. The standard InChI is InChI=1S/C18H19NO5/c1-11-14(12-6-5-7-13(10-12)19(22)23)18(11)15(20)17(24-16(18)21)8-3-2-4-9-17/h5-7,10-11,14H,2-4,8-9H2,1H3/t11-,14+,18?/m0/s1. The molecule has 0 bridgehead atoms. The van der Waals surface area contributed by atoms with Crippen molar-refractivity contribution in [3.8, 4) is 0 Å². The summed E-state index contributed by atoms with van der Waals surface area (Å²) in [4.78, 5) is 36.4. The fourth-order valence-corrected chi connectivity index (χ4v) is 4.84. The molecule has 3 fully saturated rings. The summed E-state index contributed by atoms with van der Waals surface area (Å²) in [6.07, 6.45) is 4.06. The van der Waals surface area contributed by atoms with Crippen LogP contribution in [0.1, 0.15) is 50.5 Å². The van der Waals surface area contributed by atoms with E-state index in [1.54, 1.807) is 12.1 Å². The molecule has 3 aliphatic rings. The van der Waals surface area contributed by atoms with Crippen molar-refractivity contribution in [2.24, 2.45) is 11.3 Å². The second kappa shape index (κ2) is 4.88. The number of ketones is 1. The Hall–Kier alpha value is -2.24. The van der Waals surface area contributed by atoms with E-state index in [-0.39, 0.29) is 23.3 Å². The van der Waals surface area contributed by atoms with Gasteiger partial charge in [-0.25, -0.2) is 0 Å². The zero-order valence-corrected chi connectivity index (χ0v) is 13.5. The SMILES string of the molecule is C[C@H]1[C@H](c2cccc([N+](=O)[O-])c2)C12C(=O)OC1(CCCCC1)C2=O. The first-order chi connectivity index (χ1) is 11.4. The van der Waals surface area contributed by atoms with Gasteiger partial charge in [-0.15, -0.1) is 0 Å². The monoisotopic (exact) mass is 329 g/mol. The number of non-ortho nitro benzene ring substituents is 1. The minimum atomic E-state index is -1.13. The summed E-state index contributed by atoms with van der Waals surface area (Å²) in [6, 6.07) is 6.26. The Morgan fingerprint density at radius 2 is 1.92 bits per heavy atom. The normalized spacial score (nSPS) is 33.7. The number of hydrogen-bond donors (Lipinski definition) is 0. The van der Waals surface area contributed by atoms with E-state index in [1.807, 2.05) is 6.92 Å². The molecule has 4 rings (SSSR count). The van der Waals surface area contributed by atoms with Crippen LogP contribution in [0.25, 0.3) is 0 Å². The predicted molar refractivity (Wildman–Crippen MR) is 84.3 cm³/mol. The van der Waals surface area contributed by atoms with Gasteiger partial charge in [-0.2, -0.15) is 0 Å². The lowest BCUT2D eigenvalue weighted by molar-refractivity contribution is -0.384. The van der Waals surface area contributed by atoms with Crippen molar-refractivity contribution in [3.05, 3.63) is 39.9 Å². The van der Waals surface area contributed by atoms with Crippen LogP contribution in [0.3, 0.4) is 0 Å². The number of benzene rings is 1. The van der Waals surface area contributed by atoms with Crippen LogP contribution < -0.4 is 0 Å². The van der Waals surface area contributed by atoms with Crippen molar-refractivity contribution < 1.29 is 19.2 Å². The Labute approximate surface area is 139 Å². The molecule has 0 amide bonds. The van der Waals surface area contributed by atoms with Crippen molar-refractivity contribution in [2.75, 3.05) is 0 Å². The molecule has 2 saturated carbocycles. The van der Waals surface area contributed by atoms with Gasteiger partial charge in [0.1, 0.15) is 5.41 Å². The van der Waals surface area contributed by atoms with Crippen LogP contribution in [0.4, 0.5) is 5.69 Å². The summed E-state index contributed by atoms with van der Waals surface area (Å²) in [5, 5.41) is 11.0. The Bertz CT molecular complexity index is 752. The van der Waals surface area contributed by atoms with Gasteiger partial charge in [0, 0.05) is 18.1 Å². The molecule has 1 aliphatic heterocycles. The number of nitro benzene ring substituents is 1. The summed E-state index contributed by atoms with van der Waals surface area (Å²) in [7, 11) is 0. The van der Waals surface area contributed by atoms with Gasteiger partial charge in [-0.1, -0.05) is 25.5 Å². The first kappa shape index (κ1) is 15.3. The second-order valence-electron chi connectivity index (χ2n) is 7.26. The van der Waals surface area contributed by atoms with E-state index in [2.05, 4.69) is 0 Å². The van der Waals surface area contributed by atoms with Crippen molar-refractivity contribution in [3.63, 3.8) is 0 Å². The minimum absolute atomic E-state index is 0.0204. The molecule has 1 saturated heterocycles. The summed E-state index contributed by atoms with van der Waals surface area (Å²) in [5.74, 6) is -1.03. The number of nitrogens with zero attached hydrogens (tertiary/aromatic N) is 1. The molecular weight excluding hydrogens is 310 g/mol. The zero-order chi connectivity index (χ0) is 17.1. The van der Waals surface area contributed by atoms with E-state index < -0.39 is 21.9 Å². The highest BCUT2D eigenvalue weighted by atomic mass is 16.6. The van der Waals surface area contributed by atoms with Gasteiger partial charge in [0.2, 0.25) is 0 Å². The van der Waals surface area contributed by atoms with Crippen molar-refractivity contribution in [1.82, 2.24) is 0 Å². The van der Waals surface area contributed by atoms with Gasteiger partial charge in [0.05, 0.1) is 4.92 Å². The number of Topliss-reactive ketones (excluding diaryl/α,β-unsaturated/α-hetero) is 1. The smallest absolute Gasteiger partial charge is 0.321 e. The third-order valence-electron chi connectivity index (χ3n) is 6.12. The van der Waals surface area contributed by atoms with Gasteiger partial charge in [-0.3, -0.25) is 19.7 Å². The third-order valence-corrected chi connectivity index (χ3v) is 6.12. The van der Waals surface area contributed by atoms with Gasteiger partial charge < -0.3 is 4.74 Å². The van der Waals surface area contributed by atoms with Crippen molar-refractivity contribution in [2.45, 2.75) is 50.5 Å².